The second-order valence-electron chi connectivity index (χ2n) is 8.53. The minimum absolute atomic E-state index is 0.0627. The van der Waals surface area contributed by atoms with Gasteiger partial charge >= 0.3 is 11.8 Å². The molecule has 3 aromatic rings. The number of fused-ring (bicyclic) bond motifs is 1. The van der Waals surface area contributed by atoms with E-state index in [1.165, 1.54) is 5.56 Å². The molecule has 0 spiro atoms. The van der Waals surface area contributed by atoms with Gasteiger partial charge < -0.3 is 15.6 Å². The number of pyridine rings is 1. The van der Waals surface area contributed by atoms with Crippen LogP contribution in [0.1, 0.15) is 59.2 Å². The fourth-order valence-corrected chi connectivity index (χ4v) is 4.43. The standard InChI is InChI=1S/C24H22N6O3/c25-12-16-10-19(16)23(32)28-20-11-14(7-8-27-20)13-5-6-17-15(9-13)3-1-2-4-18(17)22-29-24(21(26)31)33-30-22/h5-9,11,16,18-19H,1-4,10H2,(H2,26,31)(H,27,28,32)/t16-,18+,19-/m1/s1. The average Bonchev–Trinajstić information content (AvgIpc) is 3.51. The first-order valence-electron chi connectivity index (χ1n) is 11.0. The number of nitrogens with two attached hydrogens (primary N) is 1. The van der Waals surface area contributed by atoms with Crippen molar-refractivity contribution in [2.75, 3.05) is 5.32 Å². The van der Waals surface area contributed by atoms with Crippen LogP contribution in [0.4, 0.5) is 5.82 Å². The van der Waals surface area contributed by atoms with Crippen LogP contribution >= 0.6 is 0 Å². The Morgan fingerprint density at radius 2 is 2.03 bits per heavy atom. The van der Waals surface area contributed by atoms with Crippen molar-refractivity contribution in [3.63, 3.8) is 0 Å². The number of aryl methyl sites for hydroxylation is 1. The Morgan fingerprint density at radius 1 is 1.18 bits per heavy atom. The first kappa shape index (κ1) is 20.8. The van der Waals surface area contributed by atoms with E-state index in [-0.39, 0.29) is 29.6 Å². The van der Waals surface area contributed by atoms with Crippen molar-refractivity contribution in [3.8, 4) is 17.2 Å². The lowest BCUT2D eigenvalue weighted by molar-refractivity contribution is -0.117. The van der Waals surface area contributed by atoms with Crippen molar-refractivity contribution in [2.45, 2.75) is 38.0 Å². The molecular formula is C24H22N6O3. The number of carbonyl (C=O) groups is 2. The molecule has 1 fully saturated rings. The fraction of sp³-hybridized carbons (Fsp3) is 0.333. The fourth-order valence-electron chi connectivity index (χ4n) is 4.43. The number of nitriles is 1. The van der Waals surface area contributed by atoms with Crippen molar-refractivity contribution in [1.29, 1.82) is 5.26 Å². The maximum Gasteiger partial charge on any atom is 0.315 e. The maximum absolute atomic E-state index is 12.3. The molecule has 1 aromatic carbocycles. The predicted molar refractivity (Wildman–Crippen MR) is 118 cm³/mol. The summed E-state index contributed by atoms with van der Waals surface area (Å²) in [6.07, 6.45) is 6.10. The lowest BCUT2D eigenvalue weighted by atomic mass is 9.90. The number of anilines is 1. The summed E-state index contributed by atoms with van der Waals surface area (Å²) in [5, 5.41) is 15.8. The molecule has 2 aliphatic carbocycles. The third-order valence-corrected chi connectivity index (χ3v) is 6.31. The summed E-state index contributed by atoms with van der Waals surface area (Å²) in [4.78, 5) is 32.1. The van der Waals surface area contributed by atoms with Crippen molar-refractivity contribution in [2.24, 2.45) is 17.6 Å². The van der Waals surface area contributed by atoms with E-state index in [9.17, 15) is 9.59 Å². The molecule has 9 nitrogen and oxygen atoms in total. The van der Waals surface area contributed by atoms with Crippen molar-refractivity contribution in [1.82, 2.24) is 15.1 Å². The topological polar surface area (TPSA) is 148 Å². The molecule has 0 aliphatic heterocycles. The molecule has 0 saturated heterocycles. The molecule has 166 valence electrons. The van der Waals surface area contributed by atoms with Crippen LogP contribution in [-0.4, -0.2) is 26.9 Å². The van der Waals surface area contributed by atoms with Crippen LogP contribution in [-0.2, 0) is 11.2 Å². The first-order chi connectivity index (χ1) is 16.0. The molecule has 2 heterocycles. The Hall–Kier alpha value is -4.06. The van der Waals surface area contributed by atoms with Crippen LogP contribution in [0.3, 0.4) is 0 Å². The van der Waals surface area contributed by atoms with E-state index in [1.54, 1.807) is 6.20 Å². The lowest BCUT2D eigenvalue weighted by Crippen LogP contribution is -2.15. The molecule has 2 aromatic heterocycles. The second kappa shape index (κ2) is 8.47. The van der Waals surface area contributed by atoms with E-state index in [4.69, 9.17) is 15.5 Å². The number of rotatable bonds is 5. The highest BCUT2D eigenvalue weighted by atomic mass is 16.5. The highest BCUT2D eigenvalue weighted by Gasteiger charge is 2.43. The Morgan fingerprint density at radius 3 is 2.79 bits per heavy atom. The van der Waals surface area contributed by atoms with Crippen molar-refractivity contribution in [3.05, 3.63) is 59.4 Å². The number of aromatic nitrogens is 3. The minimum atomic E-state index is -0.733. The van der Waals surface area contributed by atoms with E-state index in [2.05, 4.69) is 38.6 Å². The monoisotopic (exact) mass is 442 g/mol. The molecule has 2 aliphatic rings. The number of hydrogen-bond acceptors (Lipinski definition) is 7. The van der Waals surface area contributed by atoms with Gasteiger partial charge in [0.2, 0.25) is 5.91 Å². The van der Waals surface area contributed by atoms with Gasteiger partial charge in [-0.3, -0.25) is 9.59 Å². The van der Waals surface area contributed by atoms with Gasteiger partial charge in [0, 0.05) is 12.1 Å². The Bertz CT molecular complexity index is 1280. The Kier molecular flexibility index (Phi) is 5.34. The second-order valence-corrected chi connectivity index (χ2v) is 8.53. The molecule has 3 atom stereocenters. The highest BCUT2D eigenvalue weighted by Crippen LogP contribution is 2.39. The van der Waals surface area contributed by atoms with E-state index in [1.807, 2.05) is 18.2 Å². The molecule has 33 heavy (non-hydrogen) atoms. The minimum Gasteiger partial charge on any atom is -0.361 e. The van der Waals surface area contributed by atoms with Gasteiger partial charge in [-0.15, -0.1) is 0 Å². The lowest BCUT2D eigenvalue weighted by Gasteiger charge is -2.15. The molecule has 0 unspecified atom stereocenters. The molecular weight excluding hydrogens is 420 g/mol. The average molecular weight is 442 g/mol. The molecule has 1 saturated carbocycles. The first-order valence-corrected chi connectivity index (χ1v) is 11.0. The van der Waals surface area contributed by atoms with Gasteiger partial charge in [-0.05, 0) is 60.1 Å². The number of carbonyl (C=O) groups excluding carboxylic acids is 2. The van der Waals surface area contributed by atoms with Gasteiger partial charge in [0.25, 0.3) is 0 Å². The summed E-state index contributed by atoms with van der Waals surface area (Å²) in [6, 6.07) is 12.1. The number of primary amides is 1. The normalized spacial score (nSPS) is 21.4. The van der Waals surface area contributed by atoms with Gasteiger partial charge in [0.1, 0.15) is 5.82 Å². The molecule has 9 heteroatoms. The molecule has 5 rings (SSSR count). The zero-order valence-electron chi connectivity index (χ0n) is 17.8. The zero-order valence-corrected chi connectivity index (χ0v) is 17.8. The van der Waals surface area contributed by atoms with E-state index < -0.39 is 5.91 Å². The van der Waals surface area contributed by atoms with Crippen LogP contribution in [0.5, 0.6) is 0 Å². The summed E-state index contributed by atoms with van der Waals surface area (Å²) in [6.45, 7) is 0. The Balaban J connectivity index is 1.41. The maximum atomic E-state index is 12.3. The summed E-state index contributed by atoms with van der Waals surface area (Å²) < 4.78 is 5.01. The van der Waals surface area contributed by atoms with Gasteiger partial charge in [-0.2, -0.15) is 10.2 Å². The van der Waals surface area contributed by atoms with Crippen molar-refractivity contribution >= 4 is 17.6 Å². The number of nitrogens with zero attached hydrogens (tertiary/aromatic N) is 4. The molecule has 0 radical (unpaired) electrons. The summed E-state index contributed by atoms with van der Waals surface area (Å²) in [5.41, 5.74) is 9.52. The van der Waals surface area contributed by atoms with Gasteiger partial charge in [-0.25, -0.2) is 4.98 Å². The van der Waals surface area contributed by atoms with Gasteiger partial charge in [0.05, 0.1) is 17.9 Å². The summed E-state index contributed by atoms with van der Waals surface area (Å²) >= 11 is 0. The number of benzene rings is 1. The summed E-state index contributed by atoms with van der Waals surface area (Å²) in [5.74, 6) is -0.619. The van der Waals surface area contributed by atoms with Gasteiger partial charge in [0.15, 0.2) is 5.82 Å². The third-order valence-electron chi connectivity index (χ3n) is 6.31. The Labute approximate surface area is 190 Å². The summed E-state index contributed by atoms with van der Waals surface area (Å²) in [7, 11) is 0. The van der Waals surface area contributed by atoms with Gasteiger partial charge in [-0.1, -0.05) is 29.8 Å². The predicted octanol–water partition coefficient (Wildman–Crippen LogP) is 3.19. The third kappa shape index (κ3) is 4.20. The van der Waals surface area contributed by atoms with Crippen molar-refractivity contribution < 1.29 is 14.1 Å². The quantitative estimate of drug-likeness (QED) is 0.577. The largest absolute Gasteiger partial charge is 0.361 e. The number of amides is 2. The van der Waals surface area contributed by atoms with E-state index >= 15 is 0 Å². The van der Waals surface area contributed by atoms with E-state index in [0.29, 0.717) is 18.1 Å². The van der Waals surface area contributed by atoms with Crippen LogP contribution in [0.15, 0.2) is 41.1 Å². The van der Waals surface area contributed by atoms with E-state index in [0.717, 1.165) is 42.4 Å². The smallest absolute Gasteiger partial charge is 0.315 e. The molecule has 0 bridgehead atoms. The van der Waals surface area contributed by atoms with Crippen LogP contribution in [0.25, 0.3) is 11.1 Å². The van der Waals surface area contributed by atoms with Crippen LogP contribution in [0, 0.1) is 23.2 Å². The molecule has 3 N–H and O–H groups in total. The number of nitrogens with one attached hydrogen (secondary N) is 1. The van der Waals surface area contributed by atoms with Crippen LogP contribution in [0.2, 0.25) is 0 Å². The molecule has 2 amide bonds. The number of hydrogen-bond donors (Lipinski definition) is 2. The highest BCUT2D eigenvalue weighted by molar-refractivity contribution is 5.94. The van der Waals surface area contributed by atoms with Crippen LogP contribution < -0.4 is 11.1 Å². The SMILES string of the molecule is N#C[C@H]1C[C@H]1C(=O)Nc1cc(-c2ccc3c(c2)CCCC[C@@H]3c2noc(C(N)=O)n2)ccn1. The zero-order chi connectivity index (χ0) is 22.9.